The Morgan fingerprint density at radius 1 is 0.893 bits per heavy atom. The van der Waals surface area contributed by atoms with Crippen LogP contribution in [0.1, 0.15) is 18.9 Å². The van der Waals surface area contributed by atoms with E-state index < -0.39 is 0 Å². The molecule has 0 bridgehead atoms. The highest BCUT2D eigenvalue weighted by Crippen LogP contribution is 2.20. The van der Waals surface area contributed by atoms with E-state index in [1.807, 2.05) is 60.7 Å². The van der Waals surface area contributed by atoms with Gasteiger partial charge in [-0.15, -0.1) is 0 Å². The third-order valence-corrected chi connectivity index (χ3v) is 4.46. The number of hydrogen-bond acceptors (Lipinski definition) is 3. The van der Waals surface area contributed by atoms with Crippen LogP contribution in [0.3, 0.4) is 0 Å². The molecule has 0 radical (unpaired) electrons. The molecule has 0 fully saturated rings. The van der Waals surface area contributed by atoms with Crippen molar-refractivity contribution >= 4 is 17.3 Å². The fourth-order valence-electron chi connectivity index (χ4n) is 2.95. The van der Waals surface area contributed by atoms with Crippen LogP contribution in [0.15, 0.2) is 84.9 Å². The highest BCUT2D eigenvalue weighted by molar-refractivity contribution is 5.90. The molecule has 0 aliphatic rings. The van der Waals surface area contributed by atoms with Gasteiger partial charge in [0.2, 0.25) is 5.91 Å². The van der Waals surface area contributed by atoms with Gasteiger partial charge in [-0.2, -0.15) is 0 Å². The molecule has 0 unspecified atom stereocenters. The molecule has 3 rings (SSSR count). The molecule has 0 aliphatic heterocycles. The number of carbonyl (C=O) groups excluding carboxylic acids is 1. The molecule has 0 aromatic heterocycles. The Balaban J connectivity index is 1.49. The largest absolute Gasteiger partial charge is 0.493 e. The summed E-state index contributed by atoms with van der Waals surface area (Å²) in [5.74, 6) is 0.720. The van der Waals surface area contributed by atoms with Crippen LogP contribution in [0.5, 0.6) is 5.75 Å². The number of carbonyl (C=O) groups is 1. The molecule has 0 saturated carbocycles. The molecule has 1 amide bonds. The summed E-state index contributed by atoms with van der Waals surface area (Å²) in [6.45, 7) is 4.28. The summed E-state index contributed by atoms with van der Waals surface area (Å²) in [7, 11) is 0. The van der Waals surface area contributed by atoms with Crippen LogP contribution in [0, 0.1) is 0 Å². The molecular weight excluding hydrogens is 348 g/mol. The van der Waals surface area contributed by atoms with E-state index in [1.165, 1.54) is 5.56 Å². The molecule has 0 spiro atoms. The summed E-state index contributed by atoms with van der Waals surface area (Å²) in [4.78, 5) is 14.4. The average Bonchev–Trinajstić information content (AvgIpc) is 2.74. The quantitative estimate of drug-likeness (QED) is 0.565. The zero-order valence-corrected chi connectivity index (χ0v) is 16.2. The number of benzene rings is 3. The van der Waals surface area contributed by atoms with E-state index in [2.05, 4.69) is 41.4 Å². The molecule has 3 aromatic carbocycles. The van der Waals surface area contributed by atoms with Gasteiger partial charge in [0.15, 0.2) is 0 Å². The highest BCUT2D eigenvalue weighted by Gasteiger charge is 2.07. The van der Waals surface area contributed by atoms with Crippen molar-refractivity contribution in [2.24, 2.45) is 0 Å². The summed E-state index contributed by atoms with van der Waals surface area (Å²) >= 11 is 0. The molecule has 28 heavy (non-hydrogen) atoms. The number of nitrogens with one attached hydrogen (secondary N) is 1. The van der Waals surface area contributed by atoms with E-state index in [0.717, 1.165) is 30.2 Å². The molecule has 4 heteroatoms. The lowest BCUT2D eigenvalue weighted by Gasteiger charge is -2.23. The first-order chi connectivity index (χ1) is 13.7. The van der Waals surface area contributed by atoms with E-state index >= 15 is 0 Å². The topological polar surface area (TPSA) is 41.6 Å². The summed E-state index contributed by atoms with van der Waals surface area (Å²) < 4.78 is 5.57. The molecule has 0 aliphatic carbocycles. The normalized spacial score (nSPS) is 10.3. The van der Waals surface area contributed by atoms with Gasteiger partial charge in [0, 0.05) is 24.5 Å². The SMILES string of the molecule is CCN(Cc1ccccc1)c1ccc(NC(=O)CCOc2ccccc2)cc1. The molecule has 4 nitrogen and oxygen atoms in total. The highest BCUT2D eigenvalue weighted by atomic mass is 16.5. The average molecular weight is 374 g/mol. The first kappa shape index (κ1) is 19.5. The van der Waals surface area contributed by atoms with E-state index in [-0.39, 0.29) is 5.91 Å². The first-order valence-corrected chi connectivity index (χ1v) is 9.61. The Morgan fingerprint density at radius 3 is 2.18 bits per heavy atom. The lowest BCUT2D eigenvalue weighted by Crippen LogP contribution is -2.22. The Labute approximate surface area is 166 Å². The predicted molar refractivity (Wildman–Crippen MR) is 115 cm³/mol. The Kier molecular flexibility index (Phi) is 7.08. The fraction of sp³-hybridized carbons (Fsp3) is 0.208. The Morgan fingerprint density at radius 2 is 1.54 bits per heavy atom. The number of anilines is 2. The van der Waals surface area contributed by atoms with E-state index in [9.17, 15) is 4.79 Å². The van der Waals surface area contributed by atoms with Crippen molar-refractivity contribution in [2.45, 2.75) is 19.9 Å². The smallest absolute Gasteiger partial charge is 0.227 e. The van der Waals surface area contributed by atoms with Gasteiger partial charge >= 0.3 is 0 Å². The maximum Gasteiger partial charge on any atom is 0.227 e. The molecule has 0 atom stereocenters. The molecule has 3 aromatic rings. The zero-order valence-electron chi connectivity index (χ0n) is 16.2. The van der Waals surface area contributed by atoms with Gasteiger partial charge in [-0.05, 0) is 48.9 Å². The standard InChI is InChI=1S/C24H26N2O2/c1-2-26(19-20-9-5-3-6-10-20)22-15-13-21(14-16-22)25-24(27)17-18-28-23-11-7-4-8-12-23/h3-16H,2,17-19H2,1H3,(H,25,27). The van der Waals surface area contributed by atoms with Gasteiger partial charge in [0.25, 0.3) is 0 Å². The van der Waals surface area contributed by atoms with Crippen LogP contribution in [0.25, 0.3) is 0 Å². The van der Waals surface area contributed by atoms with Gasteiger partial charge in [-0.1, -0.05) is 48.5 Å². The number of rotatable bonds is 9. The van der Waals surface area contributed by atoms with Crippen LogP contribution >= 0.6 is 0 Å². The third kappa shape index (κ3) is 5.88. The monoisotopic (exact) mass is 374 g/mol. The summed E-state index contributed by atoms with van der Waals surface area (Å²) in [6.07, 6.45) is 0.311. The number of hydrogen-bond donors (Lipinski definition) is 1. The minimum Gasteiger partial charge on any atom is -0.493 e. The fourth-order valence-corrected chi connectivity index (χ4v) is 2.95. The zero-order chi connectivity index (χ0) is 19.6. The summed E-state index contributed by atoms with van der Waals surface area (Å²) in [5, 5.41) is 2.92. The van der Waals surface area contributed by atoms with Crippen molar-refractivity contribution in [2.75, 3.05) is 23.4 Å². The van der Waals surface area contributed by atoms with Crippen molar-refractivity contribution in [3.05, 3.63) is 90.5 Å². The second-order valence-electron chi connectivity index (χ2n) is 6.51. The number of ether oxygens (including phenoxy) is 1. The number of amides is 1. The van der Waals surface area contributed by atoms with E-state index in [4.69, 9.17) is 4.74 Å². The summed E-state index contributed by atoms with van der Waals surface area (Å²) in [6, 6.07) is 27.9. The molecular formula is C24H26N2O2. The minimum atomic E-state index is -0.0553. The van der Waals surface area contributed by atoms with Crippen molar-refractivity contribution in [1.82, 2.24) is 0 Å². The second kappa shape index (κ2) is 10.2. The van der Waals surface area contributed by atoms with Crippen LogP contribution in [-0.2, 0) is 11.3 Å². The second-order valence-corrected chi connectivity index (χ2v) is 6.51. The lowest BCUT2D eigenvalue weighted by atomic mass is 10.2. The van der Waals surface area contributed by atoms with Crippen LogP contribution < -0.4 is 15.0 Å². The van der Waals surface area contributed by atoms with Crippen molar-refractivity contribution < 1.29 is 9.53 Å². The van der Waals surface area contributed by atoms with Gasteiger partial charge in [-0.3, -0.25) is 4.79 Å². The van der Waals surface area contributed by atoms with Crippen molar-refractivity contribution in [3.63, 3.8) is 0 Å². The van der Waals surface area contributed by atoms with Gasteiger partial charge in [0.1, 0.15) is 5.75 Å². The molecule has 0 heterocycles. The van der Waals surface area contributed by atoms with Crippen molar-refractivity contribution in [1.29, 1.82) is 0 Å². The number of nitrogens with zero attached hydrogens (tertiary/aromatic N) is 1. The van der Waals surface area contributed by atoms with Crippen LogP contribution in [0.2, 0.25) is 0 Å². The third-order valence-electron chi connectivity index (χ3n) is 4.46. The predicted octanol–water partition coefficient (Wildman–Crippen LogP) is 5.12. The summed E-state index contributed by atoms with van der Waals surface area (Å²) in [5.41, 5.74) is 3.21. The first-order valence-electron chi connectivity index (χ1n) is 9.61. The lowest BCUT2D eigenvalue weighted by molar-refractivity contribution is -0.116. The van der Waals surface area contributed by atoms with Crippen LogP contribution in [0.4, 0.5) is 11.4 Å². The van der Waals surface area contributed by atoms with Crippen molar-refractivity contribution in [3.8, 4) is 5.75 Å². The molecule has 1 N–H and O–H groups in total. The van der Waals surface area contributed by atoms with Gasteiger partial charge in [-0.25, -0.2) is 0 Å². The Bertz CT molecular complexity index is 849. The Hall–Kier alpha value is -3.27. The molecule has 144 valence electrons. The van der Waals surface area contributed by atoms with Gasteiger partial charge < -0.3 is 15.0 Å². The van der Waals surface area contributed by atoms with Gasteiger partial charge in [0.05, 0.1) is 13.0 Å². The van der Waals surface area contributed by atoms with Crippen LogP contribution in [-0.4, -0.2) is 19.1 Å². The maximum absolute atomic E-state index is 12.1. The maximum atomic E-state index is 12.1. The van der Waals surface area contributed by atoms with E-state index in [1.54, 1.807) is 0 Å². The molecule has 0 saturated heterocycles. The van der Waals surface area contributed by atoms with E-state index in [0.29, 0.717) is 13.0 Å². The number of para-hydroxylation sites is 1. The minimum absolute atomic E-state index is 0.0553.